The molecule has 1 unspecified atom stereocenters. The summed E-state index contributed by atoms with van der Waals surface area (Å²) in [5.41, 5.74) is 9.10. The molecule has 1 atom stereocenters. The maximum Gasteiger partial charge on any atom is 0.0506 e. The zero-order valence-corrected chi connectivity index (χ0v) is 13.0. The van der Waals surface area contributed by atoms with Crippen molar-refractivity contribution in [2.45, 2.75) is 33.2 Å². The van der Waals surface area contributed by atoms with E-state index in [-0.39, 0.29) is 6.04 Å². The van der Waals surface area contributed by atoms with Crippen LogP contribution in [-0.4, -0.2) is 0 Å². The number of nitrogens with one attached hydrogen (secondary N) is 1. The average Bonchev–Trinajstić information content (AvgIpc) is 2.38. The zero-order valence-electron chi connectivity index (χ0n) is 12.2. The van der Waals surface area contributed by atoms with Gasteiger partial charge >= 0.3 is 0 Å². The highest BCUT2D eigenvalue weighted by atomic mass is 35.5. The van der Waals surface area contributed by atoms with Crippen LogP contribution in [0.1, 0.15) is 33.9 Å². The highest BCUT2D eigenvalue weighted by Gasteiger charge is 2.17. The number of benzene rings is 2. The Kier molecular flexibility index (Phi) is 4.81. The van der Waals surface area contributed by atoms with Crippen LogP contribution in [-0.2, 0) is 6.42 Å². The fraction of sp³-hybridized carbons (Fsp3) is 0.294. The molecule has 2 aromatic rings. The molecule has 0 heterocycles. The summed E-state index contributed by atoms with van der Waals surface area (Å²) >= 11 is 6.25. The molecule has 0 amide bonds. The van der Waals surface area contributed by atoms with Gasteiger partial charge in [0.25, 0.3) is 0 Å². The van der Waals surface area contributed by atoms with Gasteiger partial charge in [-0.2, -0.15) is 0 Å². The van der Waals surface area contributed by atoms with Gasteiger partial charge in [-0.1, -0.05) is 47.5 Å². The molecule has 106 valence electrons. The fourth-order valence-electron chi connectivity index (χ4n) is 2.87. The van der Waals surface area contributed by atoms with Crippen LogP contribution in [0.25, 0.3) is 0 Å². The molecule has 0 saturated heterocycles. The van der Waals surface area contributed by atoms with Gasteiger partial charge in [0.1, 0.15) is 0 Å². The number of hydrazine groups is 1. The average molecular weight is 289 g/mol. The smallest absolute Gasteiger partial charge is 0.0506 e. The Balaban J connectivity index is 2.37. The first kappa shape index (κ1) is 15.0. The molecular formula is C17H21ClN2. The van der Waals surface area contributed by atoms with E-state index in [1.165, 1.54) is 22.3 Å². The van der Waals surface area contributed by atoms with E-state index in [1.807, 2.05) is 24.3 Å². The van der Waals surface area contributed by atoms with Crippen molar-refractivity contribution in [1.82, 2.24) is 5.43 Å². The van der Waals surface area contributed by atoms with Crippen molar-refractivity contribution in [2.24, 2.45) is 5.84 Å². The van der Waals surface area contributed by atoms with E-state index < -0.39 is 0 Å². The van der Waals surface area contributed by atoms with Crippen LogP contribution in [0.15, 0.2) is 36.4 Å². The zero-order chi connectivity index (χ0) is 14.7. The monoisotopic (exact) mass is 288 g/mol. The largest absolute Gasteiger partial charge is 0.271 e. The molecule has 2 rings (SSSR count). The summed E-state index contributed by atoms with van der Waals surface area (Å²) in [6, 6.07) is 12.4. The topological polar surface area (TPSA) is 38.0 Å². The third-order valence-corrected chi connectivity index (χ3v) is 4.04. The Labute approximate surface area is 125 Å². The van der Waals surface area contributed by atoms with Crippen LogP contribution in [0.3, 0.4) is 0 Å². The van der Waals surface area contributed by atoms with Gasteiger partial charge in [0.2, 0.25) is 0 Å². The quantitative estimate of drug-likeness (QED) is 0.659. The van der Waals surface area contributed by atoms with Crippen molar-refractivity contribution < 1.29 is 0 Å². The Bertz CT molecular complexity index is 585. The Morgan fingerprint density at radius 1 is 1.10 bits per heavy atom. The van der Waals surface area contributed by atoms with Crippen molar-refractivity contribution in [1.29, 1.82) is 0 Å². The summed E-state index contributed by atoms with van der Waals surface area (Å²) in [6.07, 6.45) is 0.779. The number of aryl methyl sites for hydroxylation is 3. The second-order valence-corrected chi connectivity index (χ2v) is 5.73. The number of hydrogen-bond acceptors (Lipinski definition) is 2. The molecule has 0 spiro atoms. The number of nitrogens with two attached hydrogens (primary N) is 1. The van der Waals surface area contributed by atoms with E-state index in [0.29, 0.717) is 0 Å². The van der Waals surface area contributed by atoms with Gasteiger partial charge in [-0.3, -0.25) is 11.3 Å². The minimum atomic E-state index is 0.0653. The van der Waals surface area contributed by atoms with Gasteiger partial charge in [-0.05, 0) is 55.5 Å². The van der Waals surface area contributed by atoms with Crippen LogP contribution in [0.4, 0.5) is 0 Å². The van der Waals surface area contributed by atoms with E-state index in [1.54, 1.807) is 0 Å². The van der Waals surface area contributed by atoms with Crippen molar-refractivity contribution in [3.63, 3.8) is 0 Å². The van der Waals surface area contributed by atoms with Crippen molar-refractivity contribution >= 4 is 11.6 Å². The molecule has 2 aromatic carbocycles. The van der Waals surface area contributed by atoms with Crippen LogP contribution >= 0.6 is 11.6 Å². The van der Waals surface area contributed by atoms with E-state index in [0.717, 1.165) is 17.0 Å². The lowest BCUT2D eigenvalue weighted by atomic mass is 9.91. The van der Waals surface area contributed by atoms with Gasteiger partial charge < -0.3 is 0 Å². The lowest BCUT2D eigenvalue weighted by Crippen LogP contribution is -2.30. The van der Waals surface area contributed by atoms with Gasteiger partial charge in [-0.15, -0.1) is 0 Å². The molecule has 0 aliphatic rings. The molecule has 0 bridgehead atoms. The summed E-state index contributed by atoms with van der Waals surface area (Å²) in [4.78, 5) is 0. The van der Waals surface area contributed by atoms with E-state index in [2.05, 4.69) is 38.3 Å². The summed E-state index contributed by atoms with van der Waals surface area (Å²) in [5, 5.41) is 0.787. The molecule has 0 aliphatic heterocycles. The molecule has 0 fully saturated rings. The first-order valence-electron chi connectivity index (χ1n) is 6.80. The Morgan fingerprint density at radius 2 is 1.70 bits per heavy atom. The molecule has 0 aliphatic carbocycles. The van der Waals surface area contributed by atoms with E-state index in [4.69, 9.17) is 17.4 Å². The number of rotatable bonds is 4. The van der Waals surface area contributed by atoms with Crippen LogP contribution in [0.2, 0.25) is 5.02 Å². The lowest BCUT2D eigenvalue weighted by molar-refractivity contribution is 0.546. The number of halogens is 1. The molecule has 0 radical (unpaired) electrons. The minimum Gasteiger partial charge on any atom is -0.271 e. The molecule has 2 nitrogen and oxygen atoms in total. The second-order valence-electron chi connectivity index (χ2n) is 5.33. The second kappa shape index (κ2) is 6.40. The SMILES string of the molecule is Cc1cc(C)c(C(Cc2ccccc2Cl)NN)c(C)c1. The summed E-state index contributed by atoms with van der Waals surface area (Å²) in [5.74, 6) is 5.79. The molecular weight excluding hydrogens is 268 g/mol. The Morgan fingerprint density at radius 3 is 2.25 bits per heavy atom. The van der Waals surface area contributed by atoms with E-state index >= 15 is 0 Å². The fourth-order valence-corrected chi connectivity index (χ4v) is 3.08. The third-order valence-electron chi connectivity index (χ3n) is 3.67. The molecule has 3 heteroatoms. The highest BCUT2D eigenvalue weighted by molar-refractivity contribution is 6.31. The molecule has 0 saturated carbocycles. The first-order chi connectivity index (χ1) is 9.52. The van der Waals surface area contributed by atoms with Crippen molar-refractivity contribution in [3.8, 4) is 0 Å². The third kappa shape index (κ3) is 3.21. The van der Waals surface area contributed by atoms with Gasteiger partial charge in [0.15, 0.2) is 0 Å². The van der Waals surface area contributed by atoms with Gasteiger partial charge in [0, 0.05) is 5.02 Å². The predicted molar refractivity (Wildman–Crippen MR) is 85.9 cm³/mol. The van der Waals surface area contributed by atoms with E-state index in [9.17, 15) is 0 Å². The maximum absolute atomic E-state index is 6.25. The van der Waals surface area contributed by atoms with Crippen LogP contribution in [0, 0.1) is 20.8 Å². The maximum atomic E-state index is 6.25. The van der Waals surface area contributed by atoms with Crippen LogP contribution < -0.4 is 11.3 Å². The summed E-state index contributed by atoms with van der Waals surface area (Å²) in [7, 11) is 0. The summed E-state index contributed by atoms with van der Waals surface area (Å²) in [6.45, 7) is 6.38. The van der Waals surface area contributed by atoms with Gasteiger partial charge in [0.05, 0.1) is 6.04 Å². The van der Waals surface area contributed by atoms with Crippen molar-refractivity contribution in [2.75, 3.05) is 0 Å². The lowest BCUT2D eigenvalue weighted by Gasteiger charge is -2.22. The first-order valence-corrected chi connectivity index (χ1v) is 7.18. The predicted octanol–water partition coefficient (Wildman–Crippen LogP) is 4.01. The number of hydrogen-bond donors (Lipinski definition) is 2. The molecule has 20 heavy (non-hydrogen) atoms. The summed E-state index contributed by atoms with van der Waals surface area (Å²) < 4.78 is 0. The van der Waals surface area contributed by atoms with Gasteiger partial charge in [-0.25, -0.2) is 0 Å². The Hall–Kier alpha value is -1.35. The minimum absolute atomic E-state index is 0.0653. The normalized spacial score (nSPS) is 12.4. The van der Waals surface area contributed by atoms with Crippen LogP contribution in [0.5, 0.6) is 0 Å². The standard InChI is InChI=1S/C17H21ClN2/c1-11-8-12(2)17(13(3)9-11)16(20-19)10-14-6-4-5-7-15(14)18/h4-9,16,20H,10,19H2,1-3H3. The molecule has 0 aromatic heterocycles. The van der Waals surface area contributed by atoms with Crippen molar-refractivity contribution in [3.05, 3.63) is 69.2 Å². The highest BCUT2D eigenvalue weighted by Crippen LogP contribution is 2.28. The molecule has 3 N–H and O–H groups in total.